The molecular formula is C24H27N3O3. The Bertz CT molecular complexity index is 1000. The molecule has 30 heavy (non-hydrogen) atoms. The fraction of sp³-hybridized carbons (Fsp3) is 0.333. The van der Waals surface area contributed by atoms with Gasteiger partial charge in [0.1, 0.15) is 6.10 Å². The van der Waals surface area contributed by atoms with Crippen molar-refractivity contribution >= 4 is 12.1 Å². The number of hydrogen-bond donors (Lipinski definition) is 2. The normalized spacial score (nSPS) is 26.8. The highest BCUT2D eigenvalue weighted by atomic mass is 16.3. The Morgan fingerprint density at radius 3 is 2.77 bits per heavy atom. The second kappa shape index (κ2) is 7.95. The number of likely N-dealkylation sites (N-methyl/N-ethyl adjacent to an activating group) is 1. The van der Waals surface area contributed by atoms with Crippen molar-refractivity contribution in [1.82, 2.24) is 9.91 Å². The Morgan fingerprint density at radius 1 is 1.27 bits per heavy atom. The third-order valence-electron chi connectivity index (χ3n) is 6.15. The zero-order valence-electron chi connectivity index (χ0n) is 17.3. The lowest BCUT2D eigenvalue weighted by Crippen LogP contribution is -2.56. The van der Waals surface area contributed by atoms with Crippen LogP contribution in [-0.2, 0) is 11.2 Å². The zero-order valence-corrected chi connectivity index (χ0v) is 17.3. The first-order valence-electron chi connectivity index (χ1n) is 10.2. The summed E-state index contributed by atoms with van der Waals surface area (Å²) in [5.74, 6) is -0.783. The van der Waals surface area contributed by atoms with E-state index in [1.54, 1.807) is 17.0 Å². The molecule has 0 radical (unpaired) electrons. The minimum atomic E-state index is -1.27. The van der Waals surface area contributed by atoms with E-state index < -0.39 is 6.10 Å². The number of amides is 1. The van der Waals surface area contributed by atoms with E-state index in [0.29, 0.717) is 6.54 Å². The Morgan fingerprint density at radius 2 is 2.03 bits per heavy atom. The molecule has 1 aromatic carbocycles. The molecule has 156 valence electrons. The van der Waals surface area contributed by atoms with Crippen molar-refractivity contribution in [2.75, 3.05) is 13.6 Å². The molecule has 1 amide bonds. The molecule has 2 aliphatic heterocycles. The van der Waals surface area contributed by atoms with Gasteiger partial charge in [0.2, 0.25) is 0 Å². The maximum atomic E-state index is 12.8. The van der Waals surface area contributed by atoms with Gasteiger partial charge in [0.25, 0.3) is 5.91 Å². The van der Waals surface area contributed by atoms with Crippen LogP contribution in [0.4, 0.5) is 0 Å². The molecule has 6 heteroatoms. The van der Waals surface area contributed by atoms with Crippen LogP contribution in [0.1, 0.15) is 30.4 Å². The Balaban J connectivity index is 1.94. The van der Waals surface area contributed by atoms with Crippen molar-refractivity contribution in [3.8, 4) is 0 Å². The predicted octanol–water partition coefficient (Wildman–Crippen LogP) is 3.05. The van der Waals surface area contributed by atoms with Gasteiger partial charge in [0.05, 0.1) is 12.3 Å². The Hall–Kier alpha value is -3.12. The van der Waals surface area contributed by atoms with Crippen molar-refractivity contribution in [3.63, 3.8) is 0 Å². The first-order chi connectivity index (χ1) is 14.5. The van der Waals surface area contributed by atoms with Gasteiger partial charge in [-0.1, -0.05) is 49.1 Å². The zero-order chi connectivity index (χ0) is 21.4. The molecule has 1 aliphatic carbocycles. The van der Waals surface area contributed by atoms with Crippen LogP contribution < -0.4 is 0 Å². The summed E-state index contributed by atoms with van der Waals surface area (Å²) in [6.07, 6.45) is 7.86. The molecule has 1 saturated heterocycles. The third kappa shape index (κ3) is 3.17. The van der Waals surface area contributed by atoms with Crippen LogP contribution in [0.2, 0.25) is 0 Å². The lowest BCUT2D eigenvalue weighted by Gasteiger charge is -2.45. The van der Waals surface area contributed by atoms with Crippen molar-refractivity contribution in [2.45, 2.75) is 37.8 Å². The quantitative estimate of drug-likeness (QED) is 0.810. The lowest BCUT2D eigenvalue weighted by molar-refractivity contribution is -0.132. The van der Waals surface area contributed by atoms with Crippen LogP contribution in [0.5, 0.6) is 0 Å². The highest BCUT2D eigenvalue weighted by molar-refractivity contribution is 5.96. The first kappa shape index (κ1) is 20.2. The highest BCUT2D eigenvalue weighted by Crippen LogP contribution is 2.43. The summed E-state index contributed by atoms with van der Waals surface area (Å²) in [5, 5.41) is 26.5. The molecule has 3 unspecified atom stereocenters. The number of aliphatic hydroxyl groups is 2. The van der Waals surface area contributed by atoms with Gasteiger partial charge in [-0.25, -0.2) is 0 Å². The van der Waals surface area contributed by atoms with E-state index in [0.717, 1.165) is 18.4 Å². The van der Waals surface area contributed by atoms with Gasteiger partial charge >= 0.3 is 0 Å². The lowest BCUT2D eigenvalue weighted by atomic mass is 9.80. The maximum absolute atomic E-state index is 12.8. The molecule has 0 aromatic heterocycles. The molecule has 6 nitrogen and oxygen atoms in total. The van der Waals surface area contributed by atoms with Crippen LogP contribution in [0.15, 0.2) is 76.8 Å². The molecule has 4 rings (SSSR count). The molecule has 1 fully saturated rings. The largest absolute Gasteiger partial charge is 0.507 e. The van der Waals surface area contributed by atoms with Crippen molar-refractivity contribution in [2.24, 2.45) is 5.10 Å². The number of rotatable bonds is 3. The van der Waals surface area contributed by atoms with Crippen LogP contribution >= 0.6 is 0 Å². The molecule has 0 spiro atoms. The van der Waals surface area contributed by atoms with Crippen molar-refractivity contribution in [1.29, 1.82) is 0 Å². The summed E-state index contributed by atoms with van der Waals surface area (Å²) in [4.78, 5) is 14.4. The average Bonchev–Trinajstić information content (AvgIpc) is 2.90. The fourth-order valence-corrected chi connectivity index (χ4v) is 4.72. The van der Waals surface area contributed by atoms with Crippen LogP contribution in [0, 0.1) is 0 Å². The van der Waals surface area contributed by atoms with Crippen LogP contribution in [0.3, 0.4) is 0 Å². The smallest absolute Gasteiger partial charge is 0.275 e. The number of hydrogen-bond acceptors (Lipinski definition) is 5. The van der Waals surface area contributed by atoms with Crippen molar-refractivity contribution < 1.29 is 15.0 Å². The Labute approximate surface area is 176 Å². The number of nitrogens with zero attached hydrogens (tertiary/aromatic N) is 3. The van der Waals surface area contributed by atoms with Gasteiger partial charge < -0.3 is 15.1 Å². The predicted molar refractivity (Wildman–Crippen MR) is 117 cm³/mol. The number of allylic oxidation sites excluding steroid dienone is 4. The van der Waals surface area contributed by atoms with Crippen molar-refractivity contribution in [3.05, 3.63) is 82.8 Å². The minimum absolute atomic E-state index is 0.0467. The molecule has 2 N–H and O–H groups in total. The van der Waals surface area contributed by atoms with E-state index in [1.807, 2.05) is 31.2 Å². The van der Waals surface area contributed by atoms with Crippen LogP contribution in [-0.4, -0.2) is 58.0 Å². The summed E-state index contributed by atoms with van der Waals surface area (Å²) in [6, 6.07) is 8.13. The number of aliphatic hydroxyl groups excluding tert-OH is 2. The molecule has 1 aromatic rings. The molecule has 0 saturated carbocycles. The number of hydrazone groups is 1. The van der Waals surface area contributed by atoms with E-state index in [9.17, 15) is 15.0 Å². The number of carbonyl (C=O) groups is 1. The van der Waals surface area contributed by atoms with E-state index in [1.165, 1.54) is 22.9 Å². The first-order valence-corrected chi connectivity index (χ1v) is 10.2. The van der Waals surface area contributed by atoms with E-state index in [2.05, 4.69) is 29.9 Å². The average molecular weight is 405 g/mol. The second-order valence-corrected chi connectivity index (χ2v) is 7.90. The van der Waals surface area contributed by atoms with Gasteiger partial charge in [-0.2, -0.15) is 5.10 Å². The third-order valence-corrected chi connectivity index (χ3v) is 6.15. The summed E-state index contributed by atoms with van der Waals surface area (Å²) < 4.78 is 0. The number of piperazine rings is 1. The number of carbonyl (C=O) groups excluding carboxylic acids is 1. The summed E-state index contributed by atoms with van der Waals surface area (Å²) in [5.41, 5.74) is 4.81. The monoisotopic (exact) mass is 405 g/mol. The van der Waals surface area contributed by atoms with E-state index in [-0.39, 0.29) is 29.3 Å². The van der Waals surface area contributed by atoms with Gasteiger partial charge in [0.15, 0.2) is 11.5 Å². The number of benzene rings is 1. The van der Waals surface area contributed by atoms with Gasteiger partial charge in [-0.05, 0) is 42.0 Å². The summed E-state index contributed by atoms with van der Waals surface area (Å²) in [6.45, 7) is 6.48. The maximum Gasteiger partial charge on any atom is 0.275 e. The van der Waals surface area contributed by atoms with Gasteiger partial charge in [-0.3, -0.25) is 9.80 Å². The number of fused-ring (bicyclic) bond motifs is 2. The Kier molecular flexibility index (Phi) is 5.35. The van der Waals surface area contributed by atoms with E-state index >= 15 is 0 Å². The number of aryl methyl sites for hydroxylation is 1. The SMILES string of the molecule is C=CC1=C(/C=C\C)C(C2CN(C)C(=O)C3=C(O)C(O)C=NN32)c2ccccc2CC1. The summed E-state index contributed by atoms with van der Waals surface area (Å²) >= 11 is 0. The second-order valence-electron chi connectivity index (χ2n) is 7.90. The molecule has 3 atom stereocenters. The highest BCUT2D eigenvalue weighted by Gasteiger charge is 2.45. The van der Waals surface area contributed by atoms with Gasteiger partial charge in [0, 0.05) is 19.5 Å². The standard InChI is InChI=1S/C24H27N3O3/c1-4-8-17-15(5-2)11-12-16-9-6-7-10-18(16)21(17)19-14-26(3)24(30)22-23(29)20(28)13-25-27(19)22/h4-10,13,19-21,28-29H,2,11-12,14H2,1,3H3/b8-4-. The molecule has 0 bridgehead atoms. The molecule has 2 heterocycles. The summed E-state index contributed by atoms with van der Waals surface area (Å²) in [7, 11) is 1.72. The molecular weight excluding hydrogens is 378 g/mol. The topological polar surface area (TPSA) is 76.4 Å². The fourth-order valence-electron chi connectivity index (χ4n) is 4.72. The molecule has 3 aliphatic rings. The van der Waals surface area contributed by atoms with E-state index in [4.69, 9.17) is 0 Å². The van der Waals surface area contributed by atoms with Crippen LogP contribution in [0.25, 0.3) is 0 Å². The van der Waals surface area contributed by atoms with Gasteiger partial charge in [-0.15, -0.1) is 0 Å². The minimum Gasteiger partial charge on any atom is -0.507 e.